The van der Waals surface area contributed by atoms with Crippen LogP contribution in [-0.2, 0) is 4.79 Å². The van der Waals surface area contributed by atoms with Gasteiger partial charge in [-0.25, -0.2) is 15.4 Å². The smallest absolute Gasteiger partial charge is 0.250 e. The zero-order chi connectivity index (χ0) is 15.9. The summed E-state index contributed by atoms with van der Waals surface area (Å²) >= 11 is 1.25. The predicted octanol–water partition coefficient (Wildman–Crippen LogP) is 2.04. The minimum absolute atomic E-state index is 0.110. The van der Waals surface area contributed by atoms with Crippen molar-refractivity contribution >= 4 is 23.9 Å². The number of carbonyl (C=O) groups is 1. The van der Waals surface area contributed by atoms with Crippen molar-refractivity contribution in [3.8, 4) is 5.75 Å². The molecule has 7 heteroatoms. The van der Waals surface area contributed by atoms with Gasteiger partial charge in [-0.15, -0.1) is 0 Å². The highest BCUT2D eigenvalue weighted by molar-refractivity contribution is 7.99. The number of amides is 1. The number of phenols is 1. The zero-order valence-corrected chi connectivity index (χ0v) is 13.1. The molecule has 0 bridgehead atoms. The van der Waals surface area contributed by atoms with Gasteiger partial charge in [-0.3, -0.25) is 4.79 Å². The summed E-state index contributed by atoms with van der Waals surface area (Å²) in [4.78, 5) is 20.2. The predicted molar refractivity (Wildman–Crippen MR) is 86.1 cm³/mol. The van der Waals surface area contributed by atoms with Crippen molar-refractivity contribution in [3.05, 3.63) is 47.3 Å². The first kappa shape index (κ1) is 16.0. The number of phenolic OH excluding ortho intramolecular Hbond substituents is 1. The topological polar surface area (TPSA) is 87.5 Å². The van der Waals surface area contributed by atoms with Crippen molar-refractivity contribution in [1.82, 2.24) is 15.4 Å². The van der Waals surface area contributed by atoms with Crippen LogP contribution in [-0.4, -0.2) is 32.9 Å². The van der Waals surface area contributed by atoms with Gasteiger partial charge in [-0.2, -0.15) is 5.10 Å². The Morgan fingerprint density at radius 2 is 2.00 bits per heavy atom. The van der Waals surface area contributed by atoms with Gasteiger partial charge in [0.15, 0.2) is 5.16 Å². The van der Waals surface area contributed by atoms with E-state index < -0.39 is 0 Å². The lowest BCUT2D eigenvalue weighted by Crippen LogP contribution is -2.19. The Bertz CT molecular complexity index is 683. The van der Waals surface area contributed by atoms with Gasteiger partial charge in [0, 0.05) is 17.0 Å². The van der Waals surface area contributed by atoms with Gasteiger partial charge < -0.3 is 5.11 Å². The van der Waals surface area contributed by atoms with Crippen molar-refractivity contribution in [3.63, 3.8) is 0 Å². The summed E-state index contributed by atoms with van der Waals surface area (Å²) in [6.07, 6.45) is 1.39. The second-order valence-corrected chi connectivity index (χ2v) is 5.52. The summed E-state index contributed by atoms with van der Waals surface area (Å²) < 4.78 is 0. The van der Waals surface area contributed by atoms with E-state index in [-0.39, 0.29) is 17.4 Å². The number of nitrogens with zero attached hydrogens (tertiary/aromatic N) is 3. The summed E-state index contributed by atoms with van der Waals surface area (Å²) in [5.41, 5.74) is 4.67. The van der Waals surface area contributed by atoms with Gasteiger partial charge in [0.25, 0.3) is 5.91 Å². The summed E-state index contributed by atoms with van der Waals surface area (Å²) in [6, 6.07) is 8.61. The number of hydrogen-bond acceptors (Lipinski definition) is 6. The molecule has 0 spiro atoms. The molecule has 1 aromatic heterocycles. The van der Waals surface area contributed by atoms with E-state index in [1.165, 1.54) is 18.0 Å². The van der Waals surface area contributed by atoms with Crippen LogP contribution in [0.2, 0.25) is 0 Å². The van der Waals surface area contributed by atoms with E-state index >= 15 is 0 Å². The van der Waals surface area contributed by atoms with E-state index in [0.29, 0.717) is 10.7 Å². The number of carbonyl (C=O) groups excluding carboxylic acids is 1. The molecule has 0 aliphatic rings. The van der Waals surface area contributed by atoms with Crippen LogP contribution in [0, 0.1) is 13.8 Å². The maximum Gasteiger partial charge on any atom is 0.250 e. The molecule has 6 nitrogen and oxygen atoms in total. The standard InChI is InChI=1S/C15H16N4O2S/c1-10-7-11(2)18-15(17-10)22-9-14(21)19-16-8-12-5-3-4-6-13(12)20/h3-8,20H,9H2,1-2H3,(H,19,21). The third kappa shape index (κ3) is 4.85. The Kier molecular flexibility index (Phi) is 5.48. The molecule has 0 aliphatic carbocycles. The normalized spacial score (nSPS) is 10.8. The highest BCUT2D eigenvalue weighted by atomic mass is 32.2. The van der Waals surface area contributed by atoms with Gasteiger partial charge in [0.2, 0.25) is 0 Å². The fourth-order valence-corrected chi connectivity index (χ4v) is 2.43. The molecular weight excluding hydrogens is 300 g/mol. The van der Waals surface area contributed by atoms with Crippen molar-refractivity contribution in [2.24, 2.45) is 5.10 Å². The molecule has 22 heavy (non-hydrogen) atoms. The molecule has 0 fully saturated rings. The highest BCUT2D eigenvalue weighted by Crippen LogP contribution is 2.14. The average molecular weight is 316 g/mol. The van der Waals surface area contributed by atoms with Crippen LogP contribution in [0.3, 0.4) is 0 Å². The number of para-hydroxylation sites is 1. The van der Waals surface area contributed by atoms with Crippen LogP contribution < -0.4 is 5.43 Å². The maximum atomic E-state index is 11.7. The fraction of sp³-hybridized carbons (Fsp3) is 0.200. The van der Waals surface area contributed by atoms with Gasteiger partial charge >= 0.3 is 0 Å². The summed E-state index contributed by atoms with van der Waals surface area (Å²) in [5.74, 6) is 0.0130. The second kappa shape index (κ2) is 7.56. The maximum absolute atomic E-state index is 11.7. The first-order chi connectivity index (χ1) is 10.5. The number of hydrogen-bond donors (Lipinski definition) is 2. The number of aryl methyl sites for hydroxylation is 2. The van der Waals surface area contributed by atoms with Gasteiger partial charge in [-0.1, -0.05) is 23.9 Å². The number of thioether (sulfide) groups is 1. The highest BCUT2D eigenvalue weighted by Gasteiger charge is 2.05. The van der Waals surface area contributed by atoms with E-state index in [1.54, 1.807) is 24.3 Å². The van der Waals surface area contributed by atoms with Crippen LogP contribution in [0.25, 0.3) is 0 Å². The van der Waals surface area contributed by atoms with Crippen LogP contribution in [0.4, 0.5) is 0 Å². The lowest BCUT2D eigenvalue weighted by Gasteiger charge is -2.02. The van der Waals surface area contributed by atoms with E-state index in [1.807, 2.05) is 19.9 Å². The van der Waals surface area contributed by atoms with E-state index in [4.69, 9.17) is 0 Å². The quantitative estimate of drug-likeness (QED) is 0.381. The monoisotopic (exact) mass is 316 g/mol. The second-order valence-electron chi connectivity index (χ2n) is 4.57. The Hall–Kier alpha value is -2.41. The van der Waals surface area contributed by atoms with Crippen LogP contribution in [0.1, 0.15) is 17.0 Å². The summed E-state index contributed by atoms with van der Waals surface area (Å²) in [5, 5.41) is 13.9. The van der Waals surface area contributed by atoms with Crippen molar-refractivity contribution in [2.45, 2.75) is 19.0 Å². The molecule has 2 aromatic rings. The van der Waals surface area contributed by atoms with Crippen molar-refractivity contribution in [2.75, 3.05) is 5.75 Å². The zero-order valence-electron chi connectivity index (χ0n) is 12.3. The first-order valence-corrected chi connectivity index (χ1v) is 7.58. The molecule has 0 atom stereocenters. The van der Waals surface area contributed by atoms with Crippen LogP contribution in [0.15, 0.2) is 40.6 Å². The molecule has 0 saturated carbocycles. The lowest BCUT2D eigenvalue weighted by molar-refractivity contribution is -0.118. The molecule has 0 saturated heterocycles. The molecule has 2 N–H and O–H groups in total. The fourth-order valence-electron chi connectivity index (χ4n) is 1.69. The number of hydrazone groups is 1. The van der Waals surface area contributed by atoms with Gasteiger partial charge in [0.1, 0.15) is 5.75 Å². The molecule has 1 heterocycles. The molecule has 0 aliphatic heterocycles. The number of aromatic hydroxyl groups is 1. The molecule has 2 rings (SSSR count). The third-order valence-electron chi connectivity index (χ3n) is 2.62. The van der Waals surface area contributed by atoms with Gasteiger partial charge in [0.05, 0.1) is 12.0 Å². The van der Waals surface area contributed by atoms with E-state index in [9.17, 15) is 9.90 Å². The van der Waals surface area contributed by atoms with Crippen molar-refractivity contribution < 1.29 is 9.90 Å². The Morgan fingerprint density at radius 1 is 1.32 bits per heavy atom. The minimum Gasteiger partial charge on any atom is -0.507 e. The van der Waals surface area contributed by atoms with E-state index in [2.05, 4.69) is 20.5 Å². The van der Waals surface area contributed by atoms with Crippen LogP contribution in [0.5, 0.6) is 5.75 Å². The van der Waals surface area contributed by atoms with E-state index in [0.717, 1.165) is 11.4 Å². The molecule has 1 aromatic carbocycles. The summed E-state index contributed by atoms with van der Waals surface area (Å²) in [7, 11) is 0. The lowest BCUT2D eigenvalue weighted by atomic mass is 10.2. The SMILES string of the molecule is Cc1cc(C)nc(SCC(=O)NN=Cc2ccccc2O)n1. The number of rotatable bonds is 5. The van der Waals surface area contributed by atoms with Crippen molar-refractivity contribution in [1.29, 1.82) is 0 Å². The Balaban J connectivity index is 1.84. The third-order valence-corrected chi connectivity index (χ3v) is 3.47. The number of aromatic nitrogens is 2. The number of nitrogens with one attached hydrogen (secondary N) is 1. The van der Waals surface area contributed by atoms with Crippen LogP contribution >= 0.6 is 11.8 Å². The molecular formula is C15H16N4O2S. The number of benzene rings is 1. The molecule has 0 unspecified atom stereocenters. The molecule has 1 amide bonds. The average Bonchev–Trinajstić information content (AvgIpc) is 2.46. The Labute approximate surface area is 132 Å². The van der Waals surface area contributed by atoms with Gasteiger partial charge in [-0.05, 0) is 32.0 Å². The largest absolute Gasteiger partial charge is 0.507 e. The Morgan fingerprint density at radius 3 is 2.68 bits per heavy atom. The molecule has 114 valence electrons. The first-order valence-electron chi connectivity index (χ1n) is 6.59. The molecule has 0 radical (unpaired) electrons. The summed E-state index contributed by atoms with van der Waals surface area (Å²) in [6.45, 7) is 3.77. The minimum atomic E-state index is -0.264.